The first-order valence-electron chi connectivity index (χ1n) is 8.04. The molecule has 0 saturated carbocycles. The summed E-state index contributed by atoms with van der Waals surface area (Å²) in [6.45, 7) is 5.74. The average Bonchev–Trinajstić information content (AvgIpc) is 2.66. The Bertz CT molecular complexity index is 965. The number of carbonyl (C=O) groups is 3. The molecule has 0 bridgehead atoms. The number of hydrogen-bond acceptors (Lipinski definition) is 3. The maximum Gasteiger partial charge on any atom is 0.261 e. The van der Waals surface area contributed by atoms with Gasteiger partial charge in [-0.3, -0.25) is 19.3 Å². The summed E-state index contributed by atoms with van der Waals surface area (Å²) in [6.07, 6.45) is 0. The van der Waals surface area contributed by atoms with Gasteiger partial charge in [-0.1, -0.05) is 11.6 Å². The molecule has 0 saturated heterocycles. The van der Waals surface area contributed by atoms with E-state index in [-0.39, 0.29) is 5.91 Å². The second-order valence-corrected chi connectivity index (χ2v) is 6.56. The lowest BCUT2D eigenvalue weighted by Gasteiger charge is -2.34. The summed E-state index contributed by atoms with van der Waals surface area (Å²) in [5.41, 5.74) is 4.78. The van der Waals surface area contributed by atoms with Gasteiger partial charge in [0.05, 0.1) is 22.6 Å². The Labute approximate surface area is 144 Å². The lowest BCUT2D eigenvalue weighted by Crippen LogP contribution is -2.55. The van der Waals surface area contributed by atoms with Crippen LogP contribution in [0.25, 0.3) is 0 Å². The minimum Gasteiger partial charge on any atom is -0.323 e. The van der Waals surface area contributed by atoms with E-state index in [1.54, 1.807) is 12.1 Å². The summed E-state index contributed by atoms with van der Waals surface area (Å²) < 4.78 is 0. The summed E-state index contributed by atoms with van der Waals surface area (Å²) in [5.74, 6) is -1.38. The largest absolute Gasteiger partial charge is 0.323 e. The average molecular weight is 335 g/mol. The first-order chi connectivity index (χ1) is 11.9. The van der Waals surface area contributed by atoms with E-state index in [0.717, 1.165) is 16.7 Å². The van der Waals surface area contributed by atoms with E-state index in [9.17, 15) is 14.4 Å². The standard InChI is InChI=1S/C19H17N3O3/c1-9-4-5-13-12(6-9)19(25)22-15-8-11(3)10(2)7-14(15)21-18(24)16(22)17(23)20-13/h4-8,16H,1-3H3,(H,20,23)(H,21,24). The van der Waals surface area contributed by atoms with Crippen LogP contribution in [0, 0.1) is 20.8 Å². The molecule has 1 atom stereocenters. The van der Waals surface area contributed by atoms with Crippen molar-refractivity contribution in [2.75, 3.05) is 15.5 Å². The molecule has 2 aromatic carbocycles. The van der Waals surface area contributed by atoms with Gasteiger partial charge >= 0.3 is 0 Å². The van der Waals surface area contributed by atoms with Crippen molar-refractivity contribution >= 4 is 34.8 Å². The van der Waals surface area contributed by atoms with Crippen molar-refractivity contribution in [1.82, 2.24) is 0 Å². The third-order valence-electron chi connectivity index (χ3n) is 4.77. The van der Waals surface area contributed by atoms with Crippen LogP contribution in [0.3, 0.4) is 0 Å². The zero-order valence-electron chi connectivity index (χ0n) is 14.1. The van der Waals surface area contributed by atoms with Gasteiger partial charge in [-0.2, -0.15) is 0 Å². The lowest BCUT2D eigenvalue weighted by atomic mass is 10.0. The van der Waals surface area contributed by atoms with Gasteiger partial charge in [0.15, 0.2) is 6.04 Å². The molecule has 126 valence electrons. The first-order valence-corrected chi connectivity index (χ1v) is 8.04. The smallest absolute Gasteiger partial charge is 0.261 e. The summed E-state index contributed by atoms with van der Waals surface area (Å²) in [6, 6.07) is 7.67. The molecular weight excluding hydrogens is 318 g/mol. The van der Waals surface area contributed by atoms with Crippen molar-refractivity contribution in [3.05, 3.63) is 52.6 Å². The van der Waals surface area contributed by atoms with Crippen molar-refractivity contribution in [3.63, 3.8) is 0 Å². The topological polar surface area (TPSA) is 78.5 Å². The highest BCUT2D eigenvalue weighted by Gasteiger charge is 2.44. The Morgan fingerprint density at radius 1 is 0.840 bits per heavy atom. The molecule has 2 aliphatic heterocycles. The molecule has 0 aromatic heterocycles. The van der Waals surface area contributed by atoms with Gasteiger partial charge in [-0.25, -0.2) is 0 Å². The Kier molecular flexibility index (Phi) is 3.18. The fourth-order valence-corrected chi connectivity index (χ4v) is 3.30. The van der Waals surface area contributed by atoms with Crippen molar-refractivity contribution in [2.24, 2.45) is 0 Å². The fraction of sp³-hybridized carbons (Fsp3) is 0.211. The minimum absolute atomic E-state index is 0.360. The van der Waals surface area contributed by atoms with Gasteiger partial charge in [0.2, 0.25) is 0 Å². The molecular formula is C19H17N3O3. The normalized spacial score (nSPS) is 18.6. The molecule has 2 aliphatic rings. The molecule has 0 fully saturated rings. The summed E-state index contributed by atoms with van der Waals surface area (Å²) in [7, 11) is 0. The second kappa shape index (κ2) is 5.17. The van der Waals surface area contributed by atoms with E-state index >= 15 is 0 Å². The maximum atomic E-state index is 13.2. The highest BCUT2D eigenvalue weighted by Crippen LogP contribution is 2.38. The van der Waals surface area contributed by atoms with Gasteiger partial charge < -0.3 is 10.6 Å². The molecule has 0 spiro atoms. The van der Waals surface area contributed by atoms with Gasteiger partial charge in [0.1, 0.15) is 0 Å². The molecule has 2 aromatic rings. The van der Waals surface area contributed by atoms with E-state index in [1.807, 2.05) is 39.0 Å². The van der Waals surface area contributed by atoms with Crippen LogP contribution >= 0.6 is 0 Å². The molecule has 0 radical (unpaired) electrons. The minimum atomic E-state index is -1.23. The fourth-order valence-electron chi connectivity index (χ4n) is 3.30. The zero-order valence-corrected chi connectivity index (χ0v) is 14.1. The van der Waals surface area contributed by atoms with Crippen LogP contribution in [-0.2, 0) is 9.59 Å². The predicted molar refractivity (Wildman–Crippen MR) is 95.0 cm³/mol. The van der Waals surface area contributed by atoms with Gasteiger partial charge in [0.25, 0.3) is 17.7 Å². The van der Waals surface area contributed by atoms with Crippen LogP contribution in [0.1, 0.15) is 27.0 Å². The van der Waals surface area contributed by atoms with Crippen molar-refractivity contribution < 1.29 is 14.4 Å². The maximum absolute atomic E-state index is 13.2. The molecule has 25 heavy (non-hydrogen) atoms. The monoisotopic (exact) mass is 335 g/mol. The van der Waals surface area contributed by atoms with E-state index in [2.05, 4.69) is 10.6 Å². The highest BCUT2D eigenvalue weighted by atomic mass is 16.2. The van der Waals surface area contributed by atoms with E-state index < -0.39 is 17.9 Å². The Hall–Kier alpha value is -3.15. The van der Waals surface area contributed by atoms with Gasteiger partial charge in [0, 0.05) is 0 Å². The number of carbonyl (C=O) groups excluding carboxylic acids is 3. The van der Waals surface area contributed by atoms with E-state index in [4.69, 9.17) is 0 Å². The SMILES string of the molecule is Cc1ccc2c(c1)C(=O)N1c3cc(C)c(C)cc3NC(=O)C1C(=O)N2. The summed E-state index contributed by atoms with van der Waals surface area (Å²) in [5, 5.41) is 5.45. The molecule has 2 N–H and O–H groups in total. The molecule has 3 amide bonds. The van der Waals surface area contributed by atoms with Crippen LogP contribution in [0.5, 0.6) is 0 Å². The van der Waals surface area contributed by atoms with E-state index in [1.165, 1.54) is 4.90 Å². The predicted octanol–water partition coefficient (Wildman–Crippen LogP) is 2.53. The molecule has 0 aliphatic carbocycles. The van der Waals surface area contributed by atoms with Crippen LogP contribution in [0.15, 0.2) is 30.3 Å². The molecule has 2 heterocycles. The first kappa shape index (κ1) is 15.4. The number of anilines is 3. The summed E-state index contributed by atoms with van der Waals surface area (Å²) in [4.78, 5) is 39.7. The Morgan fingerprint density at radius 2 is 1.48 bits per heavy atom. The van der Waals surface area contributed by atoms with E-state index in [0.29, 0.717) is 22.6 Å². The van der Waals surface area contributed by atoms with Gasteiger partial charge in [-0.05, 0) is 56.2 Å². The molecule has 1 unspecified atom stereocenters. The van der Waals surface area contributed by atoms with Crippen LogP contribution in [-0.4, -0.2) is 23.8 Å². The number of aryl methyl sites for hydroxylation is 3. The number of rotatable bonds is 0. The van der Waals surface area contributed by atoms with Crippen molar-refractivity contribution in [1.29, 1.82) is 0 Å². The Balaban J connectivity index is 1.97. The quantitative estimate of drug-likeness (QED) is 0.726. The number of nitrogens with zero attached hydrogens (tertiary/aromatic N) is 1. The Morgan fingerprint density at radius 3 is 2.20 bits per heavy atom. The van der Waals surface area contributed by atoms with Crippen LogP contribution in [0.2, 0.25) is 0 Å². The third kappa shape index (κ3) is 2.21. The van der Waals surface area contributed by atoms with Crippen molar-refractivity contribution in [2.45, 2.75) is 26.8 Å². The molecule has 6 nitrogen and oxygen atoms in total. The number of amides is 3. The zero-order chi connectivity index (χ0) is 17.9. The number of nitrogens with one attached hydrogen (secondary N) is 2. The van der Waals surface area contributed by atoms with Gasteiger partial charge in [-0.15, -0.1) is 0 Å². The third-order valence-corrected chi connectivity index (χ3v) is 4.77. The highest BCUT2D eigenvalue weighted by molar-refractivity contribution is 6.29. The van der Waals surface area contributed by atoms with Crippen LogP contribution < -0.4 is 15.5 Å². The van der Waals surface area contributed by atoms with Crippen molar-refractivity contribution in [3.8, 4) is 0 Å². The number of hydrogen-bond donors (Lipinski definition) is 2. The second-order valence-electron chi connectivity index (χ2n) is 6.56. The number of fused-ring (bicyclic) bond motifs is 4. The number of benzene rings is 2. The lowest BCUT2D eigenvalue weighted by molar-refractivity contribution is -0.125. The summed E-state index contributed by atoms with van der Waals surface area (Å²) >= 11 is 0. The van der Waals surface area contributed by atoms with Crippen LogP contribution in [0.4, 0.5) is 17.1 Å². The molecule has 4 rings (SSSR count). The molecule has 6 heteroatoms.